The largest absolute Gasteiger partial charge is 0.394 e. The first-order valence-corrected chi connectivity index (χ1v) is 6.11. The SMILES string of the molecule is CON(C)C1=N[C@@H]2[C@H](O)[C@H](O)[C@@H](CO)O[C@@H]2S1. The van der Waals surface area contributed by atoms with Crippen LogP contribution >= 0.6 is 11.8 Å². The monoisotopic (exact) mass is 264 g/mol. The Morgan fingerprint density at radius 1 is 1.47 bits per heavy atom. The van der Waals surface area contributed by atoms with Gasteiger partial charge >= 0.3 is 0 Å². The molecule has 0 spiro atoms. The van der Waals surface area contributed by atoms with E-state index in [-0.39, 0.29) is 6.61 Å². The molecule has 2 aliphatic rings. The summed E-state index contributed by atoms with van der Waals surface area (Å²) in [4.78, 5) is 9.23. The summed E-state index contributed by atoms with van der Waals surface area (Å²) in [6, 6.07) is -0.537. The minimum atomic E-state index is -1.13. The number of thioether (sulfide) groups is 1. The maximum atomic E-state index is 9.90. The lowest BCUT2D eigenvalue weighted by Crippen LogP contribution is -2.55. The van der Waals surface area contributed by atoms with Gasteiger partial charge in [-0.05, 0) is 0 Å². The number of aliphatic imine (C=N–C) groups is 1. The molecule has 0 aliphatic carbocycles. The van der Waals surface area contributed by atoms with Crippen molar-refractivity contribution in [1.29, 1.82) is 0 Å². The molecular formula is C9H16N2O5S. The van der Waals surface area contributed by atoms with Crippen molar-refractivity contribution in [3.05, 3.63) is 0 Å². The first-order valence-electron chi connectivity index (χ1n) is 5.23. The summed E-state index contributed by atoms with van der Waals surface area (Å²) in [6.07, 6.45) is -2.94. The topological polar surface area (TPSA) is 94.8 Å². The zero-order valence-electron chi connectivity index (χ0n) is 9.55. The quantitative estimate of drug-likeness (QED) is 0.516. The van der Waals surface area contributed by atoms with Crippen LogP contribution in [0.2, 0.25) is 0 Å². The molecule has 0 aromatic carbocycles. The third-order valence-electron chi connectivity index (χ3n) is 2.87. The Labute approximate surface area is 103 Å². The molecule has 0 radical (unpaired) electrons. The molecule has 98 valence electrons. The zero-order valence-corrected chi connectivity index (χ0v) is 10.4. The molecule has 1 fully saturated rings. The number of amidine groups is 1. The molecule has 2 heterocycles. The van der Waals surface area contributed by atoms with Crippen LogP contribution in [0.4, 0.5) is 0 Å². The Hall–Kier alpha value is -0.380. The fourth-order valence-electron chi connectivity index (χ4n) is 1.80. The summed E-state index contributed by atoms with van der Waals surface area (Å²) >= 11 is 1.30. The lowest BCUT2D eigenvalue weighted by Gasteiger charge is -2.37. The molecule has 0 aromatic heterocycles. The predicted molar refractivity (Wildman–Crippen MR) is 61.3 cm³/mol. The van der Waals surface area contributed by atoms with E-state index in [0.29, 0.717) is 5.17 Å². The Balaban J connectivity index is 2.12. The zero-order chi connectivity index (χ0) is 12.6. The van der Waals surface area contributed by atoms with Gasteiger partial charge in [0.25, 0.3) is 0 Å². The molecule has 0 saturated carbocycles. The average molecular weight is 264 g/mol. The lowest BCUT2D eigenvalue weighted by molar-refractivity contribution is -0.164. The van der Waals surface area contributed by atoms with Gasteiger partial charge in [0.1, 0.15) is 29.8 Å². The maximum Gasteiger partial charge on any atom is 0.186 e. The number of nitrogens with zero attached hydrogens (tertiary/aromatic N) is 2. The highest BCUT2D eigenvalue weighted by Crippen LogP contribution is 2.36. The van der Waals surface area contributed by atoms with Crippen LogP contribution in [-0.4, -0.2) is 76.1 Å². The fourth-order valence-corrected chi connectivity index (χ4v) is 2.97. The molecule has 0 aromatic rings. The van der Waals surface area contributed by atoms with E-state index in [0.717, 1.165) is 0 Å². The van der Waals surface area contributed by atoms with Crippen molar-refractivity contribution in [3.8, 4) is 0 Å². The van der Waals surface area contributed by atoms with E-state index in [9.17, 15) is 10.2 Å². The van der Waals surface area contributed by atoms with Crippen molar-refractivity contribution in [2.75, 3.05) is 20.8 Å². The molecule has 3 N–H and O–H groups in total. The molecular weight excluding hydrogens is 248 g/mol. The highest BCUT2D eigenvalue weighted by Gasteiger charge is 2.48. The molecule has 0 amide bonds. The summed E-state index contributed by atoms with van der Waals surface area (Å²) < 4.78 is 5.47. The van der Waals surface area contributed by atoms with E-state index in [1.165, 1.54) is 23.9 Å². The van der Waals surface area contributed by atoms with Crippen molar-refractivity contribution >= 4 is 16.9 Å². The summed E-state index contributed by atoms with van der Waals surface area (Å²) in [6.45, 7) is -0.336. The molecule has 2 rings (SSSR count). The van der Waals surface area contributed by atoms with Crippen LogP contribution in [0.5, 0.6) is 0 Å². The van der Waals surface area contributed by atoms with Crippen molar-refractivity contribution in [2.24, 2.45) is 4.99 Å². The molecule has 2 aliphatic heterocycles. The minimum Gasteiger partial charge on any atom is -0.394 e. The van der Waals surface area contributed by atoms with Crippen molar-refractivity contribution in [2.45, 2.75) is 29.8 Å². The van der Waals surface area contributed by atoms with Gasteiger partial charge in [-0.3, -0.25) is 9.83 Å². The van der Waals surface area contributed by atoms with E-state index >= 15 is 0 Å². The second-order valence-corrected chi connectivity index (χ2v) is 4.97. The van der Waals surface area contributed by atoms with Gasteiger partial charge in [0, 0.05) is 7.05 Å². The normalized spacial score (nSPS) is 41.0. The number of fused-ring (bicyclic) bond motifs is 1. The second kappa shape index (κ2) is 5.09. The molecule has 7 nitrogen and oxygen atoms in total. The van der Waals surface area contributed by atoms with E-state index in [4.69, 9.17) is 14.7 Å². The van der Waals surface area contributed by atoms with E-state index < -0.39 is 29.8 Å². The number of rotatable bonds is 2. The first kappa shape index (κ1) is 13.1. The summed E-state index contributed by atoms with van der Waals surface area (Å²) in [5.74, 6) is 0. The average Bonchev–Trinajstić information content (AvgIpc) is 2.76. The van der Waals surface area contributed by atoms with E-state index in [1.807, 2.05) is 0 Å². The number of aliphatic hydroxyl groups excluding tert-OH is 3. The Kier molecular flexibility index (Phi) is 3.91. The molecule has 0 unspecified atom stereocenters. The van der Waals surface area contributed by atoms with Crippen LogP contribution in [-0.2, 0) is 9.57 Å². The lowest BCUT2D eigenvalue weighted by atomic mass is 9.99. The van der Waals surface area contributed by atoms with Gasteiger partial charge in [-0.2, -0.15) is 0 Å². The van der Waals surface area contributed by atoms with Crippen molar-refractivity contribution in [3.63, 3.8) is 0 Å². The van der Waals surface area contributed by atoms with Crippen LogP contribution in [0, 0.1) is 0 Å². The Bertz CT molecular complexity index is 316. The van der Waals surface area contributed by atoms with Crippen LogP contribution in [0.25, 0.3) is 0 Å². The third-order valence-corrected chi connectivity index (χ3v) is 4.07. The van der Waals surface area contributed by atoms with Gasteiger partial charge in [-0.25, -0.2) is 5.06 Å². The smallest absolute Gasteiger partial charge is 0.186 e. The summed E-state index contributed by atoms with van der Waals surface area (Å²) in [5, 5.41) is 30.7. The van der Waals surface area contributed by atoms with Gasteiger partial charge in [0.05, 0.1) is 13.7 Å². The number of hydroxylamine groups is 2. The van der Waals surface area contributed by atoms with Gasteiger partial charge in [0.15, 0.2) is 5.17 Å². The highest BCUT2D eigenvalue weighted by atomic mass is 32.2. The van der Waals surface area contributed by atoms with Crippen LogP contribution < -0.4 is 0 Å². The first-order chi connectivity index (χ1) is 8.08. The van der Waals surface area contributed by atoms with Crippen LogP contribution in [0.1, 0.15) is 0 Å². The number of ether oxygens (including phenoxy) is 1. The summed E-state index contributed by atoms with van der Waals surface area (Å²) in [5.41, 5.74) is -0.404. The fraction of sp³-hybridized carbons (Fsp3) is 0.889. The minimum absolute atomic E-state index is 0.336. The summed E-state index contributed by atoms with van der Waals surface area (Å²) in [7, 11) is 3.20. The van der Waals surface area contributed by atoms with Gasteiger partial charge in [-0.15, -0.1) is 0 Å². The number of aliphatic hydroxyl groups is 3. The van der Waals surface area contributed by atoms with Crippen molar-refractivity contribution < 1.29 is 24.9 Å². The standard InChI is InChI=1S/C9H16N2O5S/c1-11(15-2)9-10-5-7(14)6(13)4(3-12)16-8(5)17-9/h4-8,12-14H,3H2,1-2H3/t4-,5-,6-,7+,8-/m1/s1. The number of hydrogen-bond donors (Lipinski definition) is 3. The highest BCUT2D eigenvalue weighted by molar-refractivity contribution is 8.14. The van der Waals surface area contributed by atoms with E-state index in [1.54, 1.807) is 7.05 Å². The number of hydrogen-bond acceptors (Lipinski definition) is 8. The molecule has 8 heteroatoms. The maximum absolute atomic E-state index is 9.90. The van der Waals surface area contributed by atoms with Crippen LogP contribution in [0.3, 0.4) is 0 Å². The van der Waals surface area contributed by atoms with Gasteiger partial charge < -0.3 is 20.1 Å². The second-order valence-electron chi connectivity index (χ2n) is 3.91. The Morgan fingerprint density at radius 3 is 2.76 bits per heavy atom. The molecule has 0 bridgehead atoms. The van der Waals surface area contributed by atoms with Gasteiger partial charge in [-0.1, -0.05) is 11.8 Å². The van der Waals surface area contributed by atoms with Gasteiger partial charge in [0.2, 0.25) is 0 Å². The third kappa shape index (κ3) is 2.28. The molecule has 1 saturated heterocycles. The molecule has 17 heavy (non-hydrogen) atoms. The van der Waals surface area contributed by atoms with E-state index in [2.05, 4.69) is 4.99 Å². The van der Waals surface area contributed by atoms with Crippen LogP contribution in [0.15, 0.2) is 4.99 Å². The predicted octanol–water partition coefficient (Wildman–Crippen LogP) is -1.61. The Morgan fingerprint density at radius 2 is 2.18 bits per heavy atom. The van der Waals surface area contributed by atoms with Crippen molar-refractivity contribution in [1.82, 2.24) is 5.06 Å². The molecule has 5 atom stereocenters.